The Morgan fingerprint density at radius 1 is 1.03 bits per heavy atom. The van der Waals surface area contributed by atoms with E-state index >= 15 is 0 Å². The molecule has 0 aromatic heterocycles. The summed E-state index contributed by atoms with van der Waals surface area (Å²) in [5, 5.41) is 10.9. The Morgan fingerprint density at radius 2 is 1.77 bits per heavy atom. The Kier molecular flexibility index (Phi) is 5.19. The highest BCUT2D eigenvalue weighted by Gasteiger charge is 2.28. The van der Waals surface area contributed by atoms with Crippen molar-refractivity contribution in [3.8, 4) is 17.2 Å². The first-order chi connectivity index (χ1) is 14.9. The highest BCUT2D eigenvalue weighted by molar-refractivity contribution is 6.14. The predicted octanol–water partition coefficient (Wildman–Crippen LogP) is 4.44. The summed E-state index contributed by atoms with van der Waals surface area (Å²) in [4.78, 5) is 35.2. The quantitative estimate of drug-likeness (QED) is 0.199. The number of methoxy groups -OCH3 is 1. The molecule has 0 saturated heterocycles. The molecule has 0 saturated carbocycles. The van der Waals surface area contributed by atoms with Gasteiger partial charge in [-0.2, -0.15) is 0 Å². The number of carbonyl (C=O) groups is 2. The van der Waals surface area contributed by atoms with Crippen LogP contribution < -0.4 is 14.2 Å². The summed E-state index contributed by atoms with van der Waals surface area (Å²) in [7, 11) is 1.57. The molecule has 0 fully saturated rings. The highest BCUT2D eigenvalue weighted by Crippen LogP contribution is 2.35. The Morgan fingerprint density at radius 3 is 2.48 bits per heavy atom. The molecular weight excluding hydrogens is 402 g/mol. The predicted molar refractivity (Wildman–Crippen MR) is 110 cm³/mol. The van der Waals surface area contributed by atoms with E-state index < -0.39 is 10.9 Å². The number of Topliss-reactive ketones (excluding diaryl/α,β-unsaturated/α-hetero) is 1. The molecule has 1 heterocycles. The zero-order chi connectivity index (χ0) is 22.0. The molecular formula is C23H15NO7. The van der Waals surface area contributed by atoms with Gasteiger partial charge >= 0.3 is 5.97 Å². The summed E-state index contributed by atoms with van der Waals surface area (Å²) in [5.41, 5.74) is 0.918. The van der Waals surface area contributed by atoms with E-state index in [0.717, 1.165) is 11.6 Å². The van der Waals surface area contributed by atoms with Crippen molar-refractivity contribution in [1.82, 2.24) is 0 Å². The lowest BCUT2D eigenvalue weighted by molar-refractivity contribution is -0.384. The fourth-order valence-electron chi connectivity index (χ4n) is 2.99. The number of nitrogens with zero attached hydrogens (tertiary/aromatic N) is 1. The van der Waals surface area contributed by atoms with Gasteiger partial charge < -0.3 is 14.2 Å². The van der Waals surface area contributed by atoms with E-state index in [1.807, 2.05) is 0 Å². The summed E-state index contributed by atoms with van der Waals surface area (Å²) < 4.78 is 16.1. The second-order valence-electron chi connectivity index (χ2n) is 6.57. The average Bonchev–Trinajstić information content (AvgIpc) is 3.08. The molecule has 0 atom stereocenters. The molecule has 0 N–H and O–H groups in total. The SMILES string of the molecule is COc1ccc(C=C2Oc3cc(OC(=O)c4cccc([N+](=O)[O-])c4)ccc3C2=O)cc1. The second kappa shape index (κ2) is 8.11. The van der Waals surface area contributed by atoms with E-state index in [-0.39, 0.29) is 34.3 Å². The van der Waals surface area contributed by atoms with Gasteiger partial charge in [0.05, 0.1) is 23.2 Å². The van der Waals surface area contributed by atoms with Gasteiger partial charge in [0, 0.05) is 18.2 Å². The van der Waals surface area contributed by atoms with Crippen LogP contribution in [0.15, 0.2) is 72.5 Å². The van der Waals surface area contributed by atoms with E-state index in [4.69, 9.17) is 14.2 Å². The van der Waals surface area contributed by atoms with Gasteiger partial charge in [0.1, 0.15) is 17.2 Å². The minimum Gasteiger partial charge on any atom is -0.497 e. The number of ketones is 1. The third-order valence-corrected chi connectivity index (χ3v) is 4.56. The fourth-order valence-corrected chi connectivity index (χ4v) is 2.99. The van der Waals surface area contributed by atoms with Crippen molar-refractivity contribution in [2.45, 2.75) is 0 Å². The van der Waals surface area contributed by atoms with Crippen LogP contribution in [0.4, 0.5) is 5.69 Å². The van der Waals surface area contributed by atoms with Crippen molar-refractivity contribution < 1.29 is 28.7 Å². The van der Waals surface area contributed by atoms with Crippen molar-refractivity contribution in [2.24, 2.45) is 0 Å². The van der Waals surface area contributed by atoms with Crippen LogP contribution in [-0.4, -0.2) is 23.8 Å². The van der Waals surface area contributed by atoms with Crippen molar-refractivity contribution in [3.05, 3.63) is 99.3 Å². The topological polar surface area (TPSA) is 105 Å². The first-order valence-electron chi connectivity index (χ1n) is 9.13. The van der Waals surface area contributed by atoms with Gasteiger partial charge in [-0.1, -0.05) is 18.2 Å². The Hall–Kier alpha value is -4.46. The zero-order valence-corrected chi connectivity index (χ0v) is 16.2. The van der Waals surface area contributed by atoms with Crippen LogP contribution in [0.5, 0.6) is 17.2 Å². The van der Waals surface area contributed by atoms with Crippen molar-refractivity contribution >= 4 is 23.5 Å². The molecule has 3 aromatic carbocycles. The maximum Gasteiger partial charge on any atom is 0.343 e. The molecule has 8 nitrogen and oxygen atoms in total. The number of allylic oxidation sites excluding steroid dienone is 1. The number of rotatable bonds is 5. The van der Waals surface area contributed by atoms with E-state index in [1.54, 1.807) is 37.5 Å². The molecule has 8 heteroatoms. The van der Waals surface area contributed by atoms with Crippen LogP contribution in [0.2, 0.25) is 0 Å². The van der Waals surface area contributed by atoms with Gasteiger partial charge in [-0.3, -0.25) is 14.9 Å². The van der Waals surface area contributed by atoms with Crippen molar-refractivity contribution in [3.63, 3.8) is 0 Å². The molecule has 4 rings (SSSR count). The first kappa shape index (κ1) is 19.8. The van der Waals surface area contributed by atoms with Gasteiger partial charge in [0.15, 0.2) is 5.76 Å². The standard InChI is InChI=1S/C23H15NO7/c1-29-17-7-5-14(6-8-17)11-21-22(25)19-10-9-18(13-20(19)31-21)30-23(26)15-3-2-4-16(12-15)24(27)28/h2-13H,1H3. The number of benzene rings is 3. The lowest BCUT2D eigenvalue weighted by Gasteiger charge is -2.05. The summed E-state index contributed by atoms with van der Waals surface area (Å²) >= 11 is 0. The van der Waals surface area contributed by atoms with Crippen LogP contribution in [0.3, 0.4) is 0 Å². The summed E-state index contributed by atoms with van der Waals surface area (Å²) in [6.07, 6.45) is 1.61. The Bertz CT molecular complexity index is 1230. The molecule has 0 spiro atoms. The number of hydrogen-bond donors (Lipinski definition) is 0. The molecule has 0 amide bonds. The van der Waals surface area contributed by atoms with Gasteiger partial charge in [-0.25, -0.2) is 4.79 Å². The number of esters is 1. The number of ether oxygens (including phenoxy) is 3. The molecule has 1 aliphatic rings. The lowest BCUT2D eigenvalue weighted by Crippen LogP contribution is -2.08. The van der Waals surface area contributed by atoms with E-state index in [2.05, 4.69) is 0 Å². The number of nitro benzene ring substituents is 1. The van der Waals surface area contributed by atoms with Crippen LogP contribution in [0.25, 0.3) is 6.08 Å². The summed E-state index contributed by atoms with van der Waals surface area (Å²) in [5.74, 6) is 0.189. The number of nitro groups is 1. The largest absolute Gasteiger partial charge is 0.497 e. The highest BCUT2D eigenvalue weighted by atomic mass is 16.6. The molecule has 1 aliphatic heterocycles. The Balaban J connectivity index is 1.53. The Labute approximate surface area is 176 Å². The van der Waals surface area contributed by atoms with Crippen LogP contribution in [0.1, 0.15) is 26.3 Å². The molecule has 0 radical (unpaired) electrons. The first-order valence-corrected chi connectivity index (χ1v) is 9.13. The molecule has 31 heavy (non-hydrogen) atoms. The molecule has 0 unspecified atom stereocenters. The number of hydrogen-bond acceptors (Lipinski definition) is 7. The monoisotopic (exact) mass is 417 g/mol. The van der Waals surface area contributed by atoms with Crippen molar-refractivity contribution in [2.75, 3.05) is 7.11 Å². The van der Waals surface area contributed by atoms with Crippen molar-refractivity contribution in [1.29, 1.82) is 0 Å². The zero-order valence-electron chi connectivity index (χ0n) is 16.2. The maximum atomic E-state index is 12.6. The minimum absolute atomic E-state index is 0.0341. The minimum atomic E-state index is -0.762. The third-order valence-electron chi connectivity index (χ3n) is 4.56. The van der Waals surface area contributed by atoms with Crippen LogP contribution in [0, 0.1) is 10.1 Å². The average molecular weight is 417 g/mol. The normalized spacial score (nSPS) is 13.5. The molecule has 3 aromatic rings. The molecule has 0 aliphatic carbocycles. The van der Waals surface area contributed by atoms with Gasteiger partial charge in [0.2, 0.25) is 5.78 Å². The van der Waals surface area contributed by atoms with Gasteiger partial charge in [0.25, 0.3) is 5.69 Å². The maximum absolute atomic E-state index is 12.6. The fraction of sp³-hybridized carbons (Fsp3) is 0.0435. The number of fused-ring (bicyclic) bond motifs is 1. The van der Waals surface area contributed by atoms with Gasteiger partial charge in [-0.15, -0.1) is 0 Å². The number of carbonyl (C=O) groups excluding carboxylic acids is 2. The van der Waals surface area contributed by atoms with E-state index in [0.29, 0.717) is 11.3 Å². The van der Waals surface area contributed by atoms with E-state index in [9.17, 15) is 19.7 Å². The van der Waals surface area contributed by atoms with Crippen LogP contribution >= 0.6 is 0 Å². The smallest absolute Gasteiger partial charge is 0.343 e. The van der Waals surface area contributed by atoms with Crippen LogP contribution in [-0.2, 0) is 0 Å². The number of non-ortho nitro benzene ring substituents is 1. The lowest BCUT2D eigenvalue weighted by atomic mass is 10.1. The third kappa shape index (κ3) is 4.13. The molecule has 154 valence electrons. The van der Waals surface area contributed by atoms with Gasteiger partial charge in [-0.05, 0) is 42.0 Å². The second-order valence-corrected chi connectivity index (χ2v) is 6.57. The summed E-state index contributed by atoms with van der Waals surface area (Å²) in [6, 6.07) is 16.7. The van der Waals surface area contributed by atoms with E-state index in [1.165, 1.54) is 36.4 Å². The summed E-state index contributed by atoms with van der Waals surface area (Å²) in [6.45, 7) is 0. The molecule has 0 bridgehead atoms.